The van der Waals surface area contributed by atoms with Gasteiger partial charge in [-0.1, -0.05) is 19.1 Å². The van der Waals surface area contributed by atoms with Gasteiger partial charge >= 0.3 is 0 Å². The Kier molecular flexibility index (Phi) is 7.21. The van der Waals surface area contributed by atoms with Crippen LogP contribution in [0, 0.1) is 5.82 Å². The van der Waals surface area contributed by atoms with Gasteiger partial charge in [0, 0.05) is 18.0 Å². The second kappa shape index (κ2) is 9.39. The number of ether oxygens (including phenoxy) is 1. The Labute approximate surface area is 146 Å². The number of nitrogens with one attached hydrogen (secondary N) is 1. The summed E-state index contributed by atoms with van der Waals surface area (Å²) in [5, 5.41) is 4.96. The first-order valence-corrected chi connectivity index (χ1v) is 8.84. The number of hydrogen-bond acceptors (Lipinski definition) is 4. The zero-order valence-electron chi connectivity index (χ0n) is 14.0. The van der Waals surface area contributed by atoms with E-state index in [4.69, 9.17) is 4.74 Å². The van der Waals surface area contributed by atoms with Crippen molar-refractivity contribution in [1.82, 2.24) is 10.2 Å². The largest absolute Gasteiger partial charge is 0.494 e. The fraction of sp³-hybridized carbons (Fsp3) is 0.389. The number of halogens is 1. The molecule has 0 aliphatic carbocycles. The number of carbonyl (C=O) groups excluding carboxylic acids is 1. The van der Waals surface area contributed by atoms with Crippen LogP contribution in [-0.2, 0) is 17.8 Å². The highest BCUT2D eigenvalue weighted by atomic mass is 32.1. The Morgan fingerprint density at radius 2 is 2.21 bits per heavy atom. The van der Waals surface area contributed by atoms with Crippen molar-refractivity contribution >= 4 is 17.2 Å². The number of amides is 1. The molecule has 2 rings (SSSR count). The summed E-state index contributed by atoms with van der Waals surface area (Å²) in [7, 11) is 1.44. The molecule has 0 atom stereocenters. The average Bonchev–Trinajstić information content (AvgIpc) is 3.08. The van der Waals surface area contributed by atoms with Crippen LogP contribution < -0.4 is 10.1 Å². The molecule has 1 aromatic carbocycles. The smallest absolute Gasteiger partial charge is 0.234 e. The van der Waals surface area contributed by atoms with Gasteiger partial charge in [0.25, 0.3) is 0 Å². The molecule has 0 radical (unpaired) electrons. The molecule has 2 aromatic rings. The minimum Gasteiger partial charge on any atom is -0.494 e. The Balaban J connectivity index is 1.80. The highest BCUT2D eigenvalue weighted by Gasteiger charge is 2.11. The van der Waals surface area contributed by atoms with Crippen molar-refractivity contribution in [3.8, 4) is 5.75 Å². The summed E-state index contributed by atoms with van der Waals surface area (Å²) in [5.74, 6) is -0.165. The SMILES string of the molecule is CCN(CC(=O)NCCc1cccs1)Cc1ccc(OC)c(F)c1. The molecule has 24 heavy (non-hydrogen) atoms. The molecule has 0 aliphatic rings. The summed E-state index contributed by atoms with van der Waals surface area (Å²) >= 11 is 1.69. The van der Waals surface area contributed by atoms with E-state index in [1.807, 2.05) is 29.3 Å². The van der Waals surface area contributed by atoms with Gasteiger partial charge in [0.15, 0.2) is 11.6 Å². The summed E-state index contributed by atoms with van der Waals surface area (Å²) in [6.07, 6.45) is 0.846. The molecule has 1 aromatic heterocycles. The van der Waals surface area contributed by atoms with E-state index in [-0.39, 0.29) is 17.5 Å². The topological polar surface area (TPSA) is 41.6 Å². The Morgan fingerprint density at radius 3 is 2.83 bits per heavy atom. The first-order chi connectivity index (χ1) is 11.6. The monoisotopic (exact) mass is 350 g/mol. The van der Waals surface area contributed by atoms with E-state index in [2.05, 4.69) is 11.4 Å². The second-order valence-electron chi connectivity index (χ2n) is 5.45. The Hall–Kier alpha value is -1.92. The zero-order valence-corrected chi connectivity index (χ0v) is 14.9. The molecule has 0 fully saturated rings. The third kappa shape index (κ3) is 5.62. The van der Waals surface area contributed by atoms with Crippen molar-refractivity contribution < 1.29 is 13.9 Å². The van der Waals surface area contributed by atoms with Gasteiger partial charge in [-0.3, -0.25) is 9.69 Å². The highest BCUT2D eigenvalue weighted by molar-refractivity contribution is 7.09. The van der Waals surface area contributed by atoms with Gasteiger partial charge in [0.05, 0.1) is 13.7 Å². The summed E-state index contributed by atoms with van der Waals surface area (Å²) in [4.78, 5) is 15.3. The summed E-state index contributed by atoms with van der Waals surface area (Å²) in [5.41, 5.74) is 0.821. The molecule has 1 heterocycles. The van der Waals surface area contributed by atoms with Gasteiger partial charge in [-0.15, -0.1) is 11.3 Å². The second-order valence-corrected chi connectivity index (χ2v) is 6.48. The third-order valence-electron chi connectivity index (χ3n) is 3.71. The van der Waals surface area contributed by atoms with Crippen molar-refractivity contribution in [3.63, 3.8) is 0 Å². The Bertz CT molecular complexity index is 646. The van der Waals surface area contributed by atoms with Gasteiger partial charge in [0.1, 0.15) is 0 Å². The molecule has 1 N–H and O–H groups in total. The number of methoxy groups -OCH3 is 1. The van der Waals surface area contributed by atoms with Crippen molar-refractivity contribution in [1.29, 1.82) is 0 Å². The maximum absolute atomic E-state index is 13.7. The van der Waals surface area contributed by atoms with Crippen molar-refractivity contribution in [3.05, 3.63) is 52.0 Å². The van der Waals surface area contributed by atoms with Crippen LogP contribution >= 0.6 is 11.3 Å². The maximum atomic E-state index is 13.7. The molecule has 4 nitrogen and oxygen atoms in total. The number of hydrogen-bond donors (Lipinski definition) is 1. The lowest BCUT2D eigenvalue weighted by atomic mass is 10.2. The lowest BCUT2D eigenvalue weighted by Gasteiger charge is -2.20. The fourth-order valence-corrected chi connectivity index (χ4v) is 3.09. The number of carbonyl (C=O) groups is 1. The number of thiophene rings is 1. The van der Waals surface area contributed by atoms with Crippen LogP contribution in [-0.4, -0.2) is 37.6 Å². The van der Waals surface area contributed by atoms with E-state index in [1.165, 1.54) is 18.1 Å². The van der Waals surface area contributed by atoms with Crippen LogP contribution in [0.25, 0.3) is 0 Å². The van der Waals surface area contributed by atoms with Crippen LogP contribution in [0.2, 0.25) is 0 Å². The van der Waals surface area contributed by atoms with Crippen molar-refractivity contribution in [2.75, 3.05) is 26.7 Å². The standard InChI is InChI=1S/C18H23FN2O2S/c1-3-21(12-14-6-7-17(23-2)16(19)11-14)13-18(22)20-9-8-15-5-4-10-24-15/h4-7,10-11H,3,8-9,12-13H2,1-2H3,(H,20,22). The number of nitrogens with zero attached hydrogens (tertiary/aromatic N) is 1. The van der Waals surface area contributed by atoms with E-state index in [0.717, 1.165) is 12.0 Å². The van der Waals surface area contributed by atoms with Crippen LogP contribution in [0.3, 0.4) is 0 Å². The molecule has 130 valence electrons. The number of rotatable bonds is 9. The minimum atomic E-state index is -0.383. The van der Waals surface area contributed by atoms with Crippen LogP contribution in [0.1, 0.15) is 17.4 Å². The van der Waals surface area contributed by atoms with E-state index < -0.39 is 0 Å². The lowest BCUT2D eigenvalue weighted by Crippen LogP contribution is -2.37. The first-order valence-electron chi connectivity index (χ1n) is 7.96. The van der Waals surface area contributed by atoms with Crippen molar-refractivity contribution in [2.24, 2.45) is 0 Å². The molecule has 0 saturated carbocycles. The first kappa shape index (κ1) is 18.4. The molecule has 0 aliphatic heterocycles. The quantitative estimate of drug-likeness (QED) is 0.756. The number of benzene rings is 1. The average molecular weight is 350 g/mol. The third-order valence-corrected chi connectivity index (χ3v) is 4.65. The van der Waals surface area contributed by atoms with Gasteiger partial charge in [-0.25, -0.2) is 4.39 Å². The summed E-state index contributed by atoms with van der Waals surface area (Å²) < 4.78 is 18.7. The van der Waals surface area contributed by atoms with Crippen LogP contribution in [0.4, 0.5) is 4.39 Å². The normalized spacial score (nSPS) is 10.8. The molecule has 0 unspecified atom stereocenters. The molecular weight excluding hydrogens is 327 g/mol. The predicted molar refractivity (Wildman–Crippen MR) is 94.9 cm³/mol. The molecule has 0 bridgehead atoms. The zero-order chi connectivity index (χ0) is 17.4. The summed E-state index contributed by atoms with van der Waals surface area (Å²) in [6.45, 7) is 4.16. The molecule has 0 saturated heterocycles. The van der Waals surface area contributed by atoms with Crippen molar-refractivity contribution in [2.45, 2.75) is 19.9 Å². The van der Waals surface area contributed by atoms with Gasteiger partial charge in [-0.2, -0.15) is 0 Å². The van der Waals surface area contributed by atoms with Crippen LogP contribution in [0.15, 0.2) is 35.7 Å². The fourth-order valence-electron chi connectivity index (χ4n) is 2.38. The predicted octanol–water partition coefficient (Wildman–Crippen LogP) is 3.08. The minimum absolute atomic E-state index is 0.0117. The van der Waals surface area contributed by atoms with Gasteiger partial charge in [-0.05, 0) is 42.1 Å². The lowest BCUT2D eigenvalue weighted by molar-refractivity contribution is -0.122. The molecule has 1 amide bonds. The van der Waals surface area contributed by atoms with Crippen LogP contribution in [0.5, 0.6) is 5.75 Å². The summed E-state index contributed by atoms with van der Waals surface area (Å²) in [6, 6.07) is 8.96. The van der Waals surface area contributed by atoms with E-state index in [9.17, 15) is 9.18 Å². The Morgan fingerprint density at radius 1 is 1.38 bits per heavy atom. The maximum Gasteiger partial charge on any atom is 0.234 e. The van der Waals surface area contributed by atoms with Gasteiger partial charge in [0.2, 0.25) is 5.91 Å². The molecule has 0 spiro atoms. The van der Waals surface area contributed by atoms with E-state index in [1.54, 1.807) is 17.4 Å². The van der Waals surface area contributed by atoms with E-state index in [0.29, 0.717) is 26.2 Å². The van der Waals surface area contributed by atoms with Gasteiger partial charge < -0.3 is 10.1 Å². The highest BCUT2D eigenvalue weighted by Crippen LogP contribution is 2.18. The number of likely N-dealkylation sites (N-methyl/N-ethyl adjacent to an activating group) is 1. The molecule has 6 heteroatoms. The van der Waals surface area contributed by atoms with E-state index >= 15 is 0 Å². The molecular formula is C18H23FN2O2S.